The largest absolute Gasteiger partial charge is 0.299 e. The van der Waals surface area contributed by atoms with E-state index < -0.39 is 21.5 Å². The number of nitrogens with one attached hydrogen (secondary N) is 1. The molecule has 0 atom stereocenters. The first-order valence-corrected chi connectivity index (χ1v) is 12.3. The highest BCUT2D eigenvalue weighted by molar-refractivity contribution is 7.87. The molecule has 1 aliphatic carbocycles. The van der Waals surface area contributed by atoms with Gasteiger partial charge in [-0.2, -0.15) is 12.7 Å². The summed E-state index contributed by atoms with van der Waals surface area (Å²) in [4.78, 5) is 26.3. The number of aryl methyl sites for hydroxylation is 2. The Labute approximate surface area is 188 Å². The van der Waals surface area contributed by atoms with Crippen LogP contribution in [0.15, 0.2) is 12.1 Å². The average molecular weight is 449 g/mol. The second-order valence-corrected chi connectivity index (χ2v) is 10.1. The van der Waals surface area contributed by atoms with Gasteiger partial charge in [-0.25, -0.2) is 4.72 Å². The highest BCUT2D eigenvalue weighted by Crippen LogP contribution is 2.46. The number of carbonyl (C=O) groups is 2. The fraction of sp³-hybridized carbons (Fsp3) is 0.583. The number of piperidine rings is 1. The summed E-state index contributed by atoms with van der Waals surface area (Å²) < 4.78 is 27.7. The van der Waals surface area contributed by atoms with Gasteiger partial charge in [-0.15, -0.1) is 5.92 Å². The molecule has 1 aliphatic heterocycles. The topological polar surface area (TPSA) is 83.6 Å². The smallest absolute Gasteiger partial charge is 0.279 e. The Morgan fingerprint density at radius 3 is 1.97 bits per heavy atom. The van der Waals surface area contributed by atoms with Crippen LogP contribution in [0.2, 0.25) is 0 Å². The fourth-order valence-electron chi connectivity index (χ4n) is 4.84. The number of Topliss-reactive ketones (excluding diaryl/α,β-unsaturated/α-hetero) is 2. The van der Waals surface area contributed by atoms with E-state index in [0.29, 0.717) is 38.8 Å². The molecule has 0 aromatic heterocycles. The van der Waals surface area contributed by atoms with Gasteiger partial charge in [-0.3, -0.25) is 9.59 Å². The molecular weight excluding hydrogens is 412 g/mol. The molecule has 0 radical (unpaired) electrons. The first-order chi connectivity index (χ1) is 14.6. The highest BCUT2D eigenvalue weighted by atomic mass is 32.2. The first kappa shape index (κ1) is 25.3. The van der Waals surface area contributed by atoms with Crippen LogP contribution in [0.4, 0.5) is 0 Å². The summed E-state index contributed by atoms with van der Waals surface area (Å²) in [6.45, 7) is 10.3. The lowest BCUT2D eigenvalue weighted by Gasteiger charge is -2.44. The maximum absolute atomic E-state index is 13.1. The van der Waals surface area contributed by atoms with Gasteiger partial charge in [-0.05, 0) is 67.9 Å². The van der Waals surface area contributed by atoms with Crippen LogP contribution in [-0.2, 0) is 19.8 Å². The fourth-order valence-corrected chi connectivity index (χ4v) is 5.76. The number of benzene rings is 1. The standard InChI is InChI=1S/C22H28N2O4S.C2H6.H2/c1-5-6-17-11-15(2)20(16(3)12-17)21-18(25)13-22(14-19(21)26)7-9-24(10-8-22)29(27,28)23-4;1-2;/h11-12,21,23H,7-10,13-14H2,1-4H3;1-2H3;1H. The molecule has 1 saturated heterocycles. The number of nitrogens with zero attached hydrogens (tertiary/aromatic N) is 1. The van der Waals surface area contributed by atoms with E-state index in [1.807, 2.05) is 39.8 Å². The van der Waals surface area contributed by atoms with Gasteiger partial charge in [-0.1, -0.05) is 19.8 Å². The summed E-state index contributed by atoms with van der Waals surface area (Å²) in [5, 5.41) is 0. The van der Waals surface area contributed by atoms with Crippen molar-refractivity contribution in [3.63, 3.8) is 0 Å². The Balaban J connectivity index is 0.00000166. The van der Waals surface area contributed by atoms with Gasteiger partial charge in [0.05, 0.1) is 0 Å². The quantitative estimate of drug-likeness (QED) is 0.567. The van der Waals surface area contributed by atoms with Crippen molar-refractivity contribution in [1.29, 1.82) is 0 Å². The minimum absolute atomic E-state index is 0. The molecule has 1 aromatic rings. The first-order valence-electron chi connectivity index (χ1n) is 10.9. The average Bonchev–Trinajstić information content (AvgIpc) is 2.71. The number of ketones is 2. The van der Waals surface area contributed by atoms with Crippen molar-refractivity contribution in [3.05, 3.63) is 34.4 Å². The molecule has 172 valence electrons. The molecule has 2 fully saturated rings. The van der Waals surface area contributed by atoms with Crippen molar-refractivity contribution in [1.82, 2.24) is 9.03 Å². The molecule has 0 amide bonds. The summed E-state index contributed by atoms with van der Waals surface area (Å²) in [6, 6.07) is 3.87. The van der Waals surface area contributed by atoms with Crippen molar-refractivity contribution in [3.8, 4) is 11.8 Å². The van der Waals surface area contributed by atoms with E-state index in [9.17, 15) is 18.0 Å². The molecule has 1 N–H and O–H groups in total. The van der Waals surface area contributed by atoms with Crippen molar-refractivity contribution in [2.24, 2.45) is 5.41 Å². The Kier molecular flexibility index (Phi) is 8.21. The minimum Gasteiger partial charge on any atom is -0.299 e. The van der Waals surface area contributed by atoms with E-state index in [1.165, 1.54) is 11.4 Å². The molecule has 0 bridgehead atoms. The molecule has 3 rings (SSSR count). The van der Waals surface area contributed by atoms with Gasteiger partial charge in [0.1, 0.15) is 17.5 Å². The third-order valence-corrected chi connectivity index (χ3v) is 7.84. The van der Waals surface area contributed by atoms with Crippen LogP contribution in [0, 0.1) is 31.1 Å². The van der Waals surface area contributed by atoms with Crippen molar-refractivity contribution < 1.29 is 19.4 Å². The van der Waals surface area contributed by atoms with Crippen LogP contribution >= 0.6 is 0 Å². The minimum atomic E-state index is -3.48. The molecule has 1 spiro atoms. The van der Waals surface area contributed by atoms with Crippen molar-refractivity contribution >= 4 is 21.8 Å². The molecule has 6 nitrogen and oxygen atoms in total. The van der Waals surface area contributed by atoms with Crippen LogP contribution in [0.1, 0.15) is 76.1 Å². The second kappa shape index (κ2) is 10.1. The maximum Gasteiger partial charge on any atom is 0.279 e. The lowest BCUT2D eigenvalue weighted by Crippen LogP contribution is -2.50. The normalized spacial score (nSPS) is 19.4. The van der Waals surface area contributed by atoms with Crippen molar-refractivity contribution in [2.45, 2.75) is 66.2 Å². The van der Waals surface area contributed by atoms with Crippen LogP contribution in [0.3, 0.4) is 0 Å². The zero-order valence-electron chi connectivity index (χ0n) is 19.5. The van der Waals surface area contributed by atoms with Gasteiger partial charge >= 0.3 is 0 Å². The number of hydrogen-bond donors (Lipinski definition) is 1. The van der Waals surface area contributed by atoms with Crippen LogP contribution < -0.4 is 4.72 Å². The molecule has 2 aliphatic rings. The molecule has 1 aromatic carbocycles. The lowest BCUT2D eigenvalue weighted by atomic mass is 9.63. The van der Waals surface area contributed by atoms with Gasteiger partial charge in [0, 0.05) is 40.0 Å². The van der Waals surface area contributed by atoms with E-state index in [4.69, 9.17) is 0 Å². The zero-order chi connectivity index (χ0) is 23.4. The summed E-state index contributed by atoms with van der Waals surface area (Å²) in [7, 11) is -2.09. The summed E-state index contributed by atoms with van der Waals surface area (Å²) in [5.74, 6) is 5.09. The third-order valence-electron chi connectivity index (χ3n) is 6.28. The third kappa shape index (κ3) is 5.25. The summed E-state index contributed by atoms with van der Waals surface area (Å²) in [6.07, 6.45) is 1.71. The monoisotopic (exact) mass is 448 g/mol. The van der Waals surface area contributed by atoms with E-state index in [-0.39, 0.29) is 13.0 Å². The van der Waals surface area contributed by atoms with Crippen LogP contribution in [-0.4, -0.2) is 44.4 Å². The second-order valence-electron chi connectivity index (χ2n) is 8.23. The van der Waals surface area contributed by atoms with Crippen LogP contribution in [0.5, 0.6) is 0 Å². The van der Waals surface area contributed by atoms with Gasteiger partial charge in [0.15, 0.2) is 0 Å². The summed E-state index contributed by atoms with van der Waals surface area (Å²) in [5.41, 5.74) is 3.11. The maximum atomic E-state index is 13.1. The van der Waals surface area contributed by atoms with E-state index in [0.717, 1.165) is 22.3 Å². The number of carbonyl (C=O) groups excluding carboxylic acids is 2. The Morgan fingerprint density at radius 1 is 1.06 bits per heavy atom. The Morgan fingerprint density at radius 2 is 1.55 bits per heavy atom. The molecule has 1 heterocycles. The highest BCUT2D eigenvalue weighted by Gasteiger charge is 2.48. The lowest BCUT2D eigenvalue weighted by molar-refractivity contribution is -0.138. The number of rotatable bonds is 3. The Bertz CT molecular complexity index is 973. The predicted octanol–water partition coefficient (Wildman–Crippen LogP) is 3.51. The van der Waals surface area contributed by atoms with Gasteiger partial charge in [0.2, 0.25) is 0 Å². The molecule has 31 heavy (non-hydrogen) atoms. The van der Waals surface area contributed by atoms with Crippen molar-refractivity contribution in [2.75, 3.05) is 20.1 Å². The summed E-state index contributed by atoms with van der Waals surface area (Å²) >= 11 is 0. The SMILES string of the molecule is CC.CC#Cc1cc(C)c(C2C(=O)CC3(CCN(S(=O)(=O)NC)CC3)CC2=O)c(C)c1.[HH]. The van der Waals surface area contributed by atoms with E-state index in [1.54, 1.807) is 6.92 Å². The van der Waals surface area contributed by atoms with E-state index >= 15 is 0 Å². The van der Waals surface area contributed by atoms with E-state index in [2.05, 4.69) is 16.6 Å². The number of hydrogen-bond acceptors (Lipinski definition) is 4. The molecule has 1 saturated carbocycles. The molecule has 7 heteroatoms. The Hall–Kier alpha value is -2.01. The predicted molar refractivity (Wildman–Crippen MR) is 125 cm³/mol. The van der Waals surface area contributed by atoms with Crippen LogP contribution in [0.25, 0.3) is 0 Å². The van der Waals surface area contributed by atoms with Gasteiger partial charge < -0.3 is 0 Å². The molecule has 0 unspecified atom stereocenters. The van der Waals surface area contributed by atoms with Gasteiger partial charge in [0.25, 0.3) is 10.2 Å². The molecular formula is C24H36N2O4S. The zero-order valence-corrected chi connectivity index (χ0v) is 20.3.